The zero-order valence-corrected chi connectivity index (χ0v) is 12.8. The highest BCUT2D eigenvalue weighted by Gasteiger charge is 2.17. The molecular formula is C15H11BrClFO. The number of carbonyl (C=O) groups excluding carboxylic acids is 1. The first-order valence-electron chi connectivity index (χ1n) is 5.66. The zero-order valence-electron chi connectivity index (χ0n) is 10.4. The van der Waals surface area contributed by atoms with Gasteiger partial charge in [0.25, 0.3) is 0 Å². The molecular weight excluding hydrogens is 331 g/mol. The van der Waals surface area contributed by atoms with E-state index in [9.17, 15) is 9.18 Å². The van der Waals surface area contributed by atoms with Gasteiger partial charge in [0, 0.05) is 15.1 Å². The fraction of sp³-hybridized carbons (Fsp3) is 0.133. The van der Waals surface area contributed by atoms with Crippen molar-refractivity contribution in [1.29, 1.82) is 0 Å². The molecule has 0 spiro atoms. The molecule has 0 atom stereocenters. The van der Waals surface area contributed by atoms with E-state index in [0.717, 1.165) is 11.1 Å². The first kappa shape index (κ1) is 14.2. The topological polar surface area (TPSA) is 17.1 Å². The van der Waals surface area contributed by atoms with Gasteiger partial charge in [-0.2, -0.15) is 0 Å². The van der Waals surface area contributed by atoms with Crippen LogP contribution >= 0.6 is 27.5 Å². The molecule has 0 bridgehead atoms. The number of rotatable bonds is 2. The molecule has 0 saturated carbocycles. The van der Waals surface area contributed by atoms with Crippen molar-refractivity contribution in [3.05, 3.63) is 67.9 Å². The largest absolute Gasteiger partial charge is 0.288 e. The molecule has 19 heavy (non-hydrogen) atoms. The van der Waals surface area contributed by atoms with Gasteiger partial charge in [-0.25, -0.2) is 4.39 Å². The van der Waals surface area contributed by atoms with E-state index in [-0.39, 0.29) is 11.3 Å². The predicted octanol–water partition coefficient (Wildman–Crippen LogP) is 5.09. The SMILES string of the molecule is Cc1cc(C(=O)c2cc(Br)ccc2F)c(C)cc1Cl. The zero-order chi connectivity index (χ0) is 14.2. The van der Waals surface area contributed by atoms with E-state index in [1.165, 1.54) is 12.1 Å². The lowest BCUT2D eigenvalue weighted by Crippen LogP contribution is -2.07. The first-order chi connectivity index (χ1) is 8.90. The van der Waals surface area contributed by atoms with E-state index in [4.69, 9.17) is 11.6 Å². The van der Waals surface area contributed by atoms with Crippen LogP contribution in [-0.4, -0.2) is 5.78 Å². The van der Waals surface area contributed by atoms with Crippen LogP contribution in [0.2, 0.25) is 5.02 Å². The van der Waals surface area contributed by atoms with Crippen LogP contribution in [0.15, 0.2) is 34.8 Å². The minimum Gasteiger partial charge on any atom is -0.288 e. The first-order valence-corrected chi connectivity index (χ1v) is 6.83. The number of benzene rings is 2. The number of aryl methyl sites for hydroxylation is 2. The Morgan fingerprint density at radius 2 is 1.79 bits per heavy atom. The molecule has 0 unspecified atom stereocenters. The Morgan fingerprint density at radius 3 is 2.47 bits per heavy atom. The molecule has 0 saturated heterocycles. The molecule has 98 valence electrons. The van der Waals surface area contributed by atoms with Crippen molar-refractivity contribution in [1.82, 2.24) is 0 Å². The summed E-state index contributed by atoms with van der Waals surface area (Å²) in [4.78, 5) is 12.4. The molecule has 2 aromatic rings. The molecule has 0 fully saturated rings. The summed E-state index contributed by atoms with van der Waals surface area (Å²) in [5, 5.41) is 0.601. The smallest absolute Gasteiger partial charge is 0.196 e. The van der Waals surface area contributed by atoms with Gasteiger partial charge in [0.2, 0.25) is 0 Å². The lowest BCUT2D eigenvalue weighted by molar-refractivity contribution is 0.103. The maximum Gasteiger partial charge on any atom is 0.196 e. The third kappa shape index (κ3) is 2.88. The molecule has 0 aliphatic carbocycles. The summed E-state index contributed by atoms with van der Waals surface area (Å²) in [7, 11) is 0. The summed E-state index contributed by atoms with van der Waals surface area (Å²) in [6, 6.07) is 7.74. The van der Waals surface area contributed by atoms with Crippen molar-refractivity contribution in [3.8, 4) is 0 Å². The third-order valence-corrected chi connectivity index (χ3v) is 3.82. The Labute approximate surface area is 124 Å². The van der Waals surface area contributed by atoms with Crippen LogP contribution in [0, 0.1) is 19.7 Å². The number of halogens is 3. The van der Waals surface area contributed by atoms with Crippen LogP contribution in [0.5, 0.6) is 0 Å². The van der Waals surface area contributed by atoms with Crippen LogP contribution in [-0.2, 0) is 0 Å². The molecule has 0 aromatic heterocycles. The van der Waals surface area contributed by atoms with Crippen molar-refractivity contribution in [2.24, 2.45) is 0 Å². The second-order valence-electron chi connectivity index (χ2n) is 4.37. The molecule has 2 aromatic carbocycles. The number of hydrogen-bond donors (Lipinski definition) is 0. The minimum atomic E-state index is -0.528. The number of ketones is 1. The Hall–Kier alpha value is -1.19. The van der Waals surface area contributed by atoms with Gasteiger partial charge in [-0.1, -0.05) is 27.5 Å². The van der Waals surface area contributed by atoms with E-state index in [2.05, 4.69) is 15.9 Å². The minimum absolute atomic E-state index is 0.0548. The molecule has 0 amide bonds. The van der Waals surface area contributed by atoms with Crippen molar-refractivity contribution < 1.29 is 9.18 Å². The number of carbonyl (C=O) groups is 1. The van der Waals surface area contributed by atoms with Crippen LogP contribution in [0.1, 0.15) is 27.0 Å². The highest BCUT2D eigenvalue weighted by molar-refractivity contribution is 9.10. The van der Waals surface area contributed by atoms with Gasteiger partial charge in [-0.15, -0.1) is 0 Å². The molecule has 1 nitrogen and oxygen atoms in total. The van der Waals surface area contributed by atoms with Crippen molar-refractivity contribution in [3.63, 3.8) is 0 Å². The third-order valence-electron chi connectivity index (χ3n) is 2.92. The summed E-state index contributed by atoms with van der Waals surface area (Å²) in [5.74, 6) is -0.865. The van der Waals surface area contributed by atoms with Gasteiger partial charge >= 0.3 is 0 Å². The van der Waals surface area contributed by atoms with Gasteiger partial charge in [0.15, 0.2) is 5.78 Å². The summed E-state index contributed by atoms with van der Waals surface area (Å²) < 4.78 is 14.4. The highest BCUT2D eigenvalue weighted by atomic mass is 79.9. The molecule has 0 aliphatic heterocycles. The fourth-order valence-electron chi connectivity index (χ4n) is 1.84. The maximum atomic E-state index is 13.7. The second kappa shape index (κ2) is 5.43. The van der Waals surface area contributed by atoms with E-state index in [1.807, 2.05) is 6.92 Å². The van der Waals surface area contributed by atoms with Crippen LogP contribution in [0.25, 0.3) is 0 Å². The Balaban J connectivity index is 2.56. The number of hydrogen-bond acceptors (Lipinski definition) is 1. The van der Waals surface area contributed by atoms with Crippen molar-refractivity contribution >= 4 is 33.3 Å². The normalized spacial score (nSPS) is 10.6. The van der Waals surface area contributed by atoms with Gasteiger partial charge in [-0.3, -0.25) is 4.79 Å². The molecule has 2 rings (SSSR count). The van der Waals surface area contributed by atoms with Gasteiger partial charge < -0.3 is 0 Å². The maximum absolute atomic E-state index is 13.7. The predicted molar refractivity (Wildman–Crippen MR) is 78.5 cm³/mol. The van der Waals surface area contributed by atoms with Crippen LogP contribution in [0.4, 0.5) is 4.39 Å². The Kier molecular flexibility index (Phi) is 4.07. The quantitative estimate of drug-likeness (QED) is 0.695. The summed E-state index contributed by atoms with van der Waals surface area (Å²) in [6.45, 7) is 3.60. The molecule has 0 aliphatic rings. The average molecular weight is 342 g/mol. The van der Waals surface area contributed by atoms with Crippen LogP contribution in [0.3, 0.4) is 0 Å². The lowest BCUT2D eigenvalue weighted by atomic mass is 9.97. The van der Waals surface area contributed by atoms with E-state index < -0.39 is 5.82 Å². The highest BCUT2D eigenvalue weighted by Crippen LogP contribution is 2.24. The average Bonchev–Trinajstić information content (AvgIpc) is 2.36. The second-order valence-corrected chi connectivity index (χ2v) is 5.69. The van der Waals surface area contributed by atoms with Crippen molar-refractivity contribution in [2.75, 3.05) is 0 Å². The van der Waals surface area contributed by atoms with E-state index >= 15 is 0 Å². The van der Waals surface area contributed by atoms with Crippen LogP contribution < -0.4 is 0 Å². The van der Waals surface area contributed by atoms with Gasteiger partial charge in [0.05, 0.1) is 5.56 Å². The molecule has 4 heteroatoms. The van der Waals surface area contributed by atoms with Crippen molar-refractivity contribution in [2.45, 2.75) is 13.8 Å². The standard InChI is InChI=1S/C15H11BrClFO/c1-8-6-13(17)9(2)5-11(8)15(19)12-7-10(16)3-4-14(12)18/h3-7H,1-2H3. The fourth-order valence-corrected chi connectivity index (χ4v) is 2.42. The van der Waals surface area contributed by atoms with E-state index in [1.54, 1.807) is 25.1 Å². The Bertz CT molecular complexity index is 667. The summed E-state index contributed by atoms with van der Waals surface area (Å²) >= 11 is 9.24. The Morgan fingerprint density at radius 1 is 1.11 bits per heavy atom. The summed E-state index contributed by atoms with van der Waals surface area (Å²) in [6.07, 6.45) is 0. The lowest BCUT2D eigenvalue weighted by Gasteiger charge is -2.09. The van der Waals surface area contributed by atoms with E-state index in [0.29, 0.717) is 15.1 Å². The molecule has 0 radical (unpaired) electrons. The summed E-state index contributed by atoms with van der Waals surface area (Å²) in [5.41, 5.74) is 2.06. The molecule has 0 heterocycles. The van der Waals surface area contributed by atoms with Gasteiger partial charge in [0.1, 0.15) is 5.82 Å². The monoisotopic (exact) mass is 340 g/mol. The van der Waals surface area contributed by atoms with Gasteiger partial charge in [-0.05, 0) is 55.3 Å². The molecule has 0 N–H and O–H groups in total.